The fraction of sp³-hybridized carbons (Fsp3) is 0.500. The van der Waals surface area contributed by atoms with Crippen molar-refractivity contribution in [2.24, 2.45) is 0 Å². The number of carbonyl (C=O) groups excluding carboxylic acids is 1. The Morgan fingerprint density at radius 3 is 2.57 bits per heavy atom. The molecule has 0 bridgehead atoms. The van der Waals surface area contributed by atoms with Crippen molar-refractivity contribution in [1.82, 2.24) is 5.32 Å². The van der Waals surface area contributed by atoms with Crippen LogP contribution in [0.25, 0.3) is 0 Å². The third kappa shape index (κ3) is 1.75. The Morgan fingerprint density at radius 2 is 1.81 bits per heavy atom. The zero-order valence-electron chi connectivity index (χ0n) is 11.0. The Labute approximate surface area is 120 Å². The molecule has 1 aromatic carbocycles. The van der Waals surface area contributed by atoms with Gasteiger partial charge in [0.2, 0.25) is 6.79 Å². The van der Waals surface area contributed by atoms with Crippen LogP contribution in [0.5, 0.6) is 11.5 Å². The Balaban J connectivity index is 1.82. The molecular weight excluding hydrogens is 278 g/mol. The predicted octanol–water partition coefficient (Wildman–Crippen LogP) is -0.903. The number of hydrogen-bond donors (Lipinski definition) is 4. The lowest BCUT2D eigenvalue weighted by Crippen LogP contribution is -2.61. The van der Waals surface area contributed by atoms with Gasteiger partial charge in [-0.3, -0.25) is 4.79 Å². The number of ether oxygens (including phenoxy) is 2. The quantitative estimate of drug-likeness (QED) is 0.493. The molecule has 1 fully saturated rings. The fourth-order valence-electron chi connectivity index (χ4n) is 3.42. The molecule has 0 saturated heterocycles. The molecule has 0 aromatic heterocycles. The standard InChI is InChI=1S/C14H15NO6/c16-8-1-6-5-2-9-10(21-4-20-9)3-7(5)14(19)15-11(6)13(18)12(8)17/h2-3,6,8,11-13,16-18H,1,4H2,(H,15,19)/t6-,8+,11-,12-,13+/m1/s1. The van der Waals surface area contributed by atoms with Crippen LogP contribution in [0.4, 0.5) is 0 Å². The van der Waals surface area contributed by atoms with Gasteiger partial charge >= 0.3 is 0 Å². The van der Waals surface area contributed by atoms with Gasteiger partial charge in [0.1, 0.15) is 12.2 Å². The second kappa shape index (κ2) is 4.33. The van der Waals surface area contributed by atoms with Gasteiger partial charge in [-0.1, -0.05) is 0 Å². The zero-order chi connectivity index (χ0) is 14.7. The van der Waals surface area contributed by atoms with Crippen molar-refractivity contribution in [3.63, 3.8) is 0 Å². The first-order valence-corrected chi connectivity index (χ1v) is 6.85. The molecule has 4 N–H and O–H groups in total. The average molecular weight is 293 g/mol. The molecule has 5 atom stereocenters. The van der Waals surface area contributed by atoms with Crippen molar-refractivity contribution in [1.29, 1.82) is 0 Å². The first-order chi connectivity index (χ1) is 10.1. The van der Waals surface area contributed by atoms with Crippen LogP contribution in [0.2, 0.25) is 0 Å². The predicted molar refractivity (Wildman–Crippen MR) is 69.2 cm³/mol. The van der Waals surface area contributed by atoms with E-state index in [0.717, 1.165) is 0 Å². The molecule has 3 aliphatic rings. The van der Waals surface area contributed by atoms with Crippen molar-refractivity contribution >= 4 is 5.91 Å². The minimum Gasteiger partial charge on any atom is -0.454 e. The van der Waals surface area contributed by atoms with Crippen LogP contribution in [-0.4, -0.2) is 52.4 Å². The third-order valence-electron chi connectivity index (χ3n) is 4.53. The second-order valence-corrected chi connectivity index (χ2v) is 5.68. The van der Waals surface area contributed by atoms with Crippen molar-refractivity contribution in [3.8, 4) is 11.5 Å². The molecule has 7 nitrogen and oxygen atoms in total. The van der Waals surface area contributed by atoms with Gasteiger partial charge in [-0.05, 0) is 24.1 Å². The van der Waals surface area contributed by atoms with E-state index in [1.54, 1.807) is 12.1 Å². The lowest BCUT2D eigenvalue weighted by Gasteiger charge is -2.44. The maximum atomic E-state index is 12.2. The molecule has 1 aromatic rings. The molecule has 0 radical (unpaired) electrons. The van der Waals surface area contributed by atoms with Crippen LogP contribution in [0, 0.1) is 0 Å². The van der Waals surface area contributed by atoms with Crippen LogP contribution in [0.1, 0.15) is 28.3 Å². The summed E-state index contributed by atoms with van der Waals surface area (Å²) in [6.45, 7) is 0.109. The Morgan fingerprint density at radius 1 is 1.10 bits per heavy atom. The van der Waals surface area contributed by atoms with Crippen molar-refractivity contribution in [3.05, 3.63) is 23.3 Å². The highest BCUT2D eigenvalue weighted by Crippen LogP contribution is 2.43. The molecular formula is C14H15NO6. The van der Waals surface area contributed by atoms with E-state index in [-0.39, 0.29) is 25.0 Å². The van der Waals surface area contributed by atoms with Crippen LogP contribution in [0.3, 0.4) is 0 Å². The van der Waals surface area contributed by atoms with Gasteiger partial charge in [0, 0.05) is 11.5 Å². The molecule has 2 heterocycles. The zero-order valence-corrected chi connectivity index (χ0v) is 11.0. The summed E-state index contributed by atoms with van der Waals surface area (Å²) in [5, 5.41) is 32.5. The van der Waals surface area contributed by atoms with E-state index in [4.69, 9.17) is 9.47 Å². The number of nitrogens with one attached hydrogen (secondary N) is 1. The highest BCUT2D eigenvalue weighted by Gasteiger charge is 2.47. The Kier molecular flexibility index (Phi) is 2.66. The molecule has 7 heteroatoms. The molecule has 1 amide bonds. The lowest BCUT2D eigenvalue weighted by atomic mass is 9.72. The molecule has 0 spiro atoms. The maximum absolute atomic E-state index is 12.2. The van der Waals surface area contributed by atoms with E-state index < -0.39 is 24.4 Å². The molecule has 4 rings (SSSR count). The number of aliphatic hydroxyl groups excluding tert-OH is 3. The molecule has 21 heavy (non-hydrogen) atoms. The number of aliphatic hydroxyl groups is 3. The van der Waals surface area contributed by atoms with E-state index in [2.05, 4.69) is 5.32 Å². The number of amides is 1. The lowest BCUT2D eigenvalue weighted by molar-refractivity contribution is -0.104. The SMILES string of the molecule is O=C1N[C@H]2[C@H](O)[C@H](O)[C@@H](O)C[C@@H]2c2cc3c(cc21)OCO3. The van der Waals surface area contributed by atoms with Gasteiger partial charge in [0.15, 0.2) is 11.5 Å². The largest absolute Gasteiger partial charge is 0.454 e. The summed E-state index contributed by atoms with van der Waals surface area (Å²) in [5.74, 6) is 0.462. The van der Waals surface area contributed by atoms with Crippen LogP contribution >= 0.6 is 0 Å². The second-order valence-electron chi connectivity index (χ2n) is 5.68. The first-order valence-electron chi connectivity index (χ1n) is 6.85. The summed E-state index contributed by atoms with van der Waals surface area (Å²) < 4.78 is 10.6. The van der Waals surface area contributed by atoms with E-state index in [1.807, 2.05) is 0 Å². The fourth-order valence-corrected chi connectivity index (χ4v) is 3.42. The van der Waals surface area contributed by atoms with Crippen LogP contribution in [0.15, 0.2) is 12.1 Å². The number of rotatable bonds is 0. The van der Waals surface area contributed by atoms with E-state index in [9.17, 15) is 20.1 Å². The summed E-state index contributed by atoms with van der Waals surface area (Å²) >= 11 is 0. The van der Waals surface area contributed by atoms with Gasteiger partial charge in [0.25, 0.3) is 5.91 Å². The number of carbonyl (C=O) groups is 1. The van der Waals surface area contributed by atoms with Crippen LogP contribution < -0.4 is 14.8 Å². The van der Waals surface area contributed by atoms with Crippen molar-refractivity contribution in [2.75, 3.05) is 6.79 Å². The number of benzene rings is 1. The highest BCUT2D eigenvalue weighted by molar-refractivity contribution is 5.98. The van der Waals surface area contributed by atoms with E-state index >= 15 is 0 Å². The number of fused-ring (bicyclic) bond motifs is 4. The first kappa shape index (κ1) is 12.9. The highest BCUT2D eigenvalue weighted by atomic mass is 16.7. The minimum absolute atomic E-state index is 0.109. The minimum atomic E-state index is -1.26. The topological polar surface area (TPSA) is 108 Å². The van der Waals surface area contributed by atoms with Gasteiger partial charge in [-0.25, -0.2) is 0 Å². The summed E-state index contributed by atoms with van der Waals surface area (Å²) in [4.78, 5) is 12.2. The molecule has 0 unspecified atom stereocenters. The summed E-state index contributed by atoms with van der Waals surface area (Å²) in [6, 6.07) is 2.72. The van der Waals surface area contributed by atoms with Gasteiger partial charge in [-0.15, -0.1) is 0 Å². The Bertz CT molecular complexity index is 618. The average Bonchev–Trinajstić information content (AvgIpc) is 2.92. The van der Waals surface area contributed by atoms with E-state index in [1.165, 1.54) is 0 Å². The molecule has 2 aliphatic heterocycles. The smallest absolute Gasteiger partial charge is 0.252 e. The third-order valence-corrected chi connectivity index (χ3v) is 4.53. The van der Waals surface area contributed by atoms with Gasteiger partial charge in [0.05, 0.1) is 12.1 Å². The molecule has 1 saturated carbocycles. The monoisotopic (exact) mass is 293 g/mol. The summed E-state index contributed by atoms with van der Waals surface area (Å²) in [6.07, 6.45) is -3.24. The van der Waals surface area contributed by atoms with Gasteiger partial charge in [-0.2, -0.15) is 0 Å². The maximum Gasteiger partial charge on any atom is 0.252 e. The Hall–Kier alpha value is -1.83. The normalized spacial score (nSPS) is 36.7. The van der Waals surface area contributed by atoms with Crippen LogP contribution in [-0.2, 0) is 0 Å². The van der Waals surface area contributed by atoms with E-state index in [0.29, 0.717) is 22.6 Å². The number of hydrogen-bond acceptors (Lipinski definition) is 6. The van der Waals surface area contributed by atoms with Gasteiger partial charge < -0.3 is 30.1 Å². The van der Waals surface area contributed by atoms with Crippen molar-refractivity contribution in [2.45, 2.75) is 36.7 Å². The molecule has 112 valence electrons. The summed E-state index contributed by atoms with van der Waals surface area (Å²) in [7, 11) is 0. The van der Waals surface area contributed by atoms with Crippen molar-refractivity contribution < 1.29 is 29.6 Å². The summed E-state index contributed by atoms with van der Waals surface area (Å²) in [5.41, 5.74) is 1.16. The molecule has 1 aliphatic carbocycles.